The molecule has 2 aromatic carbocycles. The first kappa shape index (κ1) is 14.9. The number of rotatable bonds is 2. The molecule has 1 aliphatic rings. The fourth-order valence-electron chi connectivity index (χ4n) is 3.28. The van der Waals surface area contributed by atoms with Gasteiger partial charge in [-0.15, -0.1) is 0 Å². The molecule has 0 fully saturated rings. The van der Waals surface area contributed by atoms with Gasteiger partial charge in [-0.3, -0.25) is 4.79 Å². The van der Waals surface area contributed by atoms with E-state index in [4.69, 9.17) is 5.21 Å². The van der Waals surface area contributed by atoms with Crippen LogP contribution < -0.4 is 5.23 Å². The molecule has 1 aromatic heterocycles. The largest absolute Gasteiger partial charge is 0.595 e. The van der Waals surface area contributed by atoms with Crippen molar-refractivity contribution in [2.75, 3.05) is 6.54 Å². The minimum atomic E-state index is -0.990. The summed E-state index contributed by atoms with van der Waals surface area (Å²) in [5.41, 5.74) is 4.17. The van der Waals surface area contributed by atoms with E-state index in [1.54, 1.807) is 12.1 Å². The summed E-state index contributed by atoms with van der Waals surface area (Å²) in [6.07, 6.45) is 0.795. The van der Waals surface area contributed by atoms with Crippen molar-refractivity contribution in [2.45, 2.75) is 13.0 Å². The summed E-state index contributed by atoms with van der Waals surface area (Å²) in [6, 6.07) is 14.2. The quantitative estimate of drug-likeness (QED) is 0.629. The van der Waals surface area contributed by atoms with Crippen LogP contribution in [0.5, 0.6) is 0 Å². The molecule has 1 aliphatic heterocycles. The summed E-state index contributed by atoms with van der Waals surface area (Å²) in [5, 5.41) is 20.0. The van der Waals surface area contributed by atoms with Gasteiger partial charge in [0.1, 0.15) is 0 Å². The van der Waals surface area contributed by atoms with Crippen LogP contribution in [0, 0.1) is 5.21 Å². The molecule has 0 spiro atoms. The SMILES string of the molecule is O=C(c1ccc([NH+]([O-])O)cc1)N1CCc2[nH]c3ccccc3c2C1. The van der Waals surface area contributed by atoms with Crippen molar-refractivity contribution in [1.82, 2.24) is 9.88 Å². The molecule has 0 saturated heterocycles. The van der Waals surface area contributed by atoms with E-state index in [0.29, 0.717) is 18.7 Å². The Morgan fingerprint density at radius 3 is 2.67 bits per heavy atom. The smallest absolute Gasteiger partial charge is 0.254 e. The summed E-state index contributed by atoms with van der Waals surface area (Å²) in [4.78, 5) is 18.0. The van der Waals surface area contributed by atoms with Crippen LogP contribution in [0.3, 0.4) is 0 Å². The van der Waals surface area contributed by atoms with Crippen LogP contribution in [0.1, 0.15) is 21.6 Å². The highest BCUT2D eigenvalue weighted by molar-refractivity contribution is 5.95. The standard InChI is InChI=1S/C18H17N3O3/c22-18(12-5-7-13(8-6-12)21(23)24)20-10-9-17-15(11-20)14-3-1-2-4-16(14)19-17/h1-8,19,21,23H,9-11H2. The molecule has 122 valence electrons. The maximum Gasteiger partial charge on any atom is 0.254 e. The Labute approximate surface area is 138 Å². The molecule has 6 nitrogen and oxygen atoms in total. The first-order valence-corrected chi connectivity index (χ1v) is 7.84. The van der Waals surface area contributed by atoms with E-state index in [2.05, 4.69) is 11.1 Å². The van der Waals surface area contributed by atoms with Crippen molar-refractivity contribution in [1.29, 1.82) is 0 Å². The van der Waals surface area contributed by atoms with Crippen LogP contribution >= 0.6 is 0 Å². The highest BCUT2D eigenvalue weighted by Gasteiger charge is 2.24. The number of fused-ring (bicyclic) bond motifs is 3. The number of quaternary nitrogens is 1. The van der Waals surface area contributed by atoms with Crippen molar-refractivity contribution >= 4 is 22.5 Å². The number of hydrogen-bond acceptors (Lipinski definition) is 3. The van der Waals surface area contributed by atoms with Crippen molar-refractivity contribution in [3.63, 3.8) is 0 Å². The first-order valence-electron chi connectivity index (χ1n) is 7.84. The first-order chi connectivity index (χ1) is 11.6. The van der Waals surface area contributed by atoms with E-state index in [1.807, 2.05) is 23.1 Å². The lowest BCUT2D eigenvalue weighted by Gasteiger charge is -2.27. The number of nitrogens with one attached hydrogen (secondary N) is 2. The second-order valence-electron chi connectivity index (χ2n) is 5.99. The van der Waals surface area contributed by atoms with E-state index < -0.39 is 5.23 Å². The average molecular weight is 323 g/mol. The van der Waals surface area contributed by atoms with E-state index in [0.717, 1.165) is 17.3 Å². The van der Waals surface area contributed by atoms with E-state index >= 15 is 0 Å². The second kappa shape index (κ2) is 5.76. The number of amides is 1. The number of H-pyrrole nitrogens is 1. The van der Waals surface area contributed by atoms with Gasteiger partial charge in [-0.2, -0.15) is 5.23 Å². The number of carbonyl (C=O) groups excluding carboxylic acids is 1. The third kappa shape index (κ3) is 2.46. The summed E-state index contributed by atoms with van der Waals surface area (Å²) < 4.78 is 0. The minimum absolute atomic E-state index is 0.0668. The summed E-state index contributed by atoms with van der Waals surface area (Å²) in [5.74, 6) is -0.0668. The topological polar surface area (TPSA) is 83.8 Å². The normalized spacial score (nSPS) is 15.3. The Balaban J connectivity index is 1.60. The van der Waals surface area contributed by atoms with E-state index in [-0.39, 0.29) is 11.6 Å². The Morgan fingerprint density at radius 1 is 1.17 bits per heavy atom. The second-order valence-corrected chi connectivity index (χ2v) is 5.99. The molecule has 6 heteroatoms. The molecular weight excluding hydrogens is 306 g/mol. The molecule has 0 aliphatic carbocycles. The van der Waals surface area contributed by atoms with E-state index in [9.17, 15) is 10.0 Å². The van der Waals surface area contributed by atoms with Crippen LogP contribution in [0.25, 0.3) is 10.9 Å². The third-order valence-electron chi connectivity index (χ3n) is 4.55. The number of aromatic amines is 1. The molecule has 0 saturated carbocycles. The van der Waals surface area contributed by atoms with Gasteiger partial charge in [0.05, 0.1) is 0 Å². The molecule has 1 unspecified atom stereocenters. The third-order valence-corrected chi connectivity index (χ3v) is 4.55. The fourth-order valence-corrected chi connectivity index (χ4v) is 3.28. The van der Waals surface area contributed by atoms with Gasteiger partial charge in [0.2, 0.25) is 0 Å². The number of aromatic nitrogens is 1. The highest BCUT2D eigenvalue weighted by atomic mass is 16.8. The van der Waals surface area contributed by atoms with Gasteiger partial charge in [-0.05, 0) is 18.2 Å². The van der Waals surface area contributed by atoms with Gasteiger partial charge in [0.15, 0.2) is 5.69 Å². The van der Waals surface area contributed by atoms with Crippen LogP contribution in [0.4, 0.5) is 5.69 Å². The fraction of sp³-hybridized carbons (Fsp3) is 0.167. The molecule has 2 heterocycles. The summed E-state index contributed by atoms with van der Waals surface area (Å²) in [7, 11) is 0. The van der Waals surface area contributed by atoms with Crippen LogP contribution in [-0.2, 0) is 13.0 Å². The van der Waals surface area contributed by atoms with Crippen LogP contribution in [0.2, 0.25) is 0 Å². The number of benzene rings is 2. The van der Waals surface area contributed by atoms with Gasteiger partial charge in [0, 0.05) is 59.4 Å². The lowest BCUT2D eigenvalue weighted by Crippen LogP contribution is -2.99. The van der Waals surface area contributed by atoms with Gasteiger partial charge in [0.25, 0.3) is 5.91 Å². The van der Waals surface area contributed by atoms with Gasteiger partial charge in [-0.1, -0.05) is 18.2 Å². The zero-order chi connectivity index (χ0) is 16.7. The monoisotopic (exact) mass is 323 g/mol. The molecule has 0 radical (unpaired) electrons. The van der Waals surface area contributed by atoms with Crippen molar-refractivity contribution < 1.29 is 15.2 Å². The lowest BCUT2D eigenvalue weighted by molar-refractivity contribution is -0.991. The lowest BCUT2D eigenvalue weighted by atomic mass is 10.0. The van der Waals surface area contributed by atoms with Gasteiger partial charge >= 0.3 is 0 Å². The average Bonchev–Trinajstić information content (AvgIpc) is 2.99. The molecule has 4 rings (SSSR count). The predicted molar refractivity (Wildman–Crippen MR) is 89.0 cm³/mol. The number of nitrogens with zero attached hydrogens (tertiary/aromatic N) is 1. The van der Waals surface area contributed by atoms with Gasteiger partial charge < -0.3 is 15.1 Å². The molecule has 24 heavy (non-hydrogen) atoms. The summed E-state index contributed by atoms with van der Waals surface area (Å²) in [6.45, 7) is 1.22. The Morgan fingerprint density at radius 2 is 1.92 bits per heavy atom. The van der Waals surface area contributed by atoms with Crippen molar-refractivity contribution in [3.05, 3.63) is 70.6 Å². The Hall–Kier alpha value is -2.67. The van der Waals surface area contributed by atoms with E-state index in [1.165, 1.54) is 23.4 Å². The number of para-hydroxylation sites is 1. The number of carbonyl (C=O) groups is 1. The van der Waals surface area contributed by atoms with Crippen molar-refractivity contribution in [2.24, 2.45) is 0 Å². The molecule has 0 bridgehead atoms. The van der Waals surface area contributed by atoms with Gasteiger partial charge in [-0.25, -0.2) is 5.21 Å². The van der Waals surface area contributed by atoms with Crippen LogP contribution in [0.15, 0.2) is 48.5 Å². The highest BCUT2D eigenvalue weighted by Crippen LogP contribution is 2.28. The number of hydrogen-bond donors (Lipinski definition) is 3. The maximum absolute atomic E-state index is 12.7. The Kier molecular flexibility index (Phi) is 3.57. The Bertz CT molecular complexity index is 900. The zero-order valence-corrected chi connectivity index (χ0v) is 13.0. The van der Waals surface area contributed by atoms with Crippen molar-refractivity contribution in [3.8, 4) is 0 Å². The molecule has 3 N–H and O–H groups in total. The maximum atomic E-state index is 12.7. The molecule has 1 amide bonds. The molecule has 1 atom stereocenters. The predicted octanol–water partition coefficient (Wildman–Crippen LogP) is 1.77. The molecular formula is C18H17N3O3. The minimum Gasteiger partial charge on any atom is -0.595 e. The molecule has 3 aromatic rings. The van der Waals surface area contributed by atoms with Crippen LogP contribution in [-0.4, -0.2) is 27.5 Å². The summed E-state index contributed by atoms with van der Waals surface area (Å²) >= 11 is 0. The zero-order valence-electron chi connectivity index (χ0n) is 13.0.